The molecule has 0 bridgehead atoms. The number of nitrogens with zero attached hydrogens (tertiary/aromatic N) is 2. The van der Waals surface area contributed by atoms with Gasteiger partial charge in [-0.05, 0) is 13.0 Å². The van der Waals surface area contributed by atoms with E-state index < -0.39 is 5.97 Å². The molecule has 0 radical (unpaired) electrons. The van der Waals surface area contributed by atoms with E-state index in [1.165, 1.54) is 4.90 Å². The van der Waals surface area contributed by atoms with E-state index in [0.717, 1.165) is 11.1 Å². The first-order valence-electron chi connectivity index (χ1n) is 6.57. The molecule has 2 N–H and O–H groups in total. The summed E-state index contributed by atoms with van der Waals surface area (Å²) in [5.74, 6) is -1.21. The fourth-order valence-corrected chi connectivity index (χ4v) is 1.87. The number of nitrogens with one attached hydrogen (secondary N) is 1. The van der Waals surface area contributed by atoms with E-state index >= 15 is 0 Å². The van der Waals surface area contributed by atoms with Crippen LogP contribution in [0, 0.1) is 6.92 Å². The van der Waals surface area contributed by atoms with Crippen molar-refractivity contribution in [3.8, 4) is 11.3 Å². The molecule has 0 spiro atoms. The van der Waals surface area contributed by atoms with Gasteiger partial charge in [-0.2, -0.15) is 5.10 Å². The molecule has 110 valence electrons. The number of carbonyl (C=O) groups excluding carboxylic acids is 1. The van der Waals surface area contributed by atoms with E-state index in [2.05, 4.69) is 10.2 Å². The monoisotopic (exact) mass is 287 g/mol. The number of carboxylic acid groups (broad SMARTS) is 1. The summed E-state index contributed by atoms with van der Waals surface area (Å²) >= 11 is 0. The molecule has 0 unspecified atom stereocenters. The highest BCUT2D eigenvalue weighted by Crippen LogP contribution is 2.18. The maximum absolute atomic E-state index is 12.1. The highest BCUT2D eigenvalue weighted by atomic mass is 16.4. The number of amides is 1. The second-order valence-electron chi connectivity index (χ2n) is 4.90. The van der Waals surface area contributed by atoms with Crippen LogP contribution in [0.15, 0.2) is 30.3 Å². The predicted molar refractivity (Wildman–Crippen MR) is 78.0 cm³/mol. The van der Waals surface area contributed by atoms with Gasteiger partial charge in [0.2, 0.25) is 0 Å². The summed E-state index contributed by atoms with van der Waals surface area (Å²) in [6, 6.07) is 9.50. The minimum atomic E-state index is -0.931. The standard InChI is InChI=1S/C15H17N3O3/c1-10-3-5-11(6-4-10)12-9-13(17-16-12)15(21)18(2)8-7-14(19)20/h3-6,9H,7-8H2,1-2H3,(H,16,17)(H,19,20). The molecule has 0 saturated carbocycles. The van der Waals surface area contributed by atoms with E-state index in [1.54, 1.807) is 13.1 Å². The lowest BCUT2D eigenvalue weighted by molar-refractivity contribution is -0.137. The largest absolute Gasteiger partial charge is 0.481 e. The lowest BCUT2D eigenvalue weighted by Crippen LogP contribution is -2.29. The highest BCUT2D eigenvalue weighted by Gasteiger charge is 2.16. The van der Waals surface area contributed by atoms with Crippen LogP contribution in [0.1, 0.15) is 22.5 Å². The molecule has 1 aromatic heterocycles. The average molecular weight is 287 g/mol. The molecule has 0 aliphatic carbocycles. The molecule has 0 aliphatic rings. The van der Waals surface area contributed by atoms with Crippen LogP contribution in [0.3, 0.4) is 0 Å². The molecule has 21 heavy (non-hydrogen) atoms. The summed E-state index contributed by atoms with van der Waals surface area (Å²) in [5.41, 5.74) is 3.10. The van der Waals surface area contributed by atoms with Crippen LogP contribution in [-0.4, -0.2) is 45.7 Å². The molecule has 1 amide bonds. The lowest BCUT2D eigenvalue weighted by atomic mass is 10.1. The zero-order chi connectivity index (χ0) is 15.4. The summed E-state index contributed by atoms with van der Waals surface area (Å²) < 4.78 is 0. The molecule has 6 nitrogen and oxygen atoms in total. The number of aromatic amines is 1. The Balaban J connectivity index is 2.10. The maximum Gasteiger partial charge on any atom is 0.305 e. The molecule has 0 aliphatic heterocycles. The molecule has 2 aromatic rings. The third kappa shape index (κ3) is 3.68. The van der Waals surface area contributed by atoms with Gasteiger partial charge in [-0.25, -0.2) is 0 Å². The van der Waals surface area contributed by atoms with Crippen LogP contribution in [0.2, 0.25) is 0 Å². The summed E-state index contributed by atoms with van der Waals surface area (Å²) in [6.45, 7) is 2.16. The normalized spacial score (nSPS) is 10.4. The van der Waals surface area contributed by atoms with Gasteiger partial charge in [0, 0.05) is 19.2 Å². The zero-order valence-corrected chi connectivity index (χ0v) is 12.0. The van der Waals surface area contributed by atoms with Crippen molar-refractivity contribution in [3.05, 3.63) is 41.6 Å². The van der Waals surface area contributed by atoms with Crippen LogP contribution < -0.4 is 0 Å². The van der Waals surface area contributed by atoms with E-state index in [-0.39, 0.29) is 18.9 Å². The topological polar surface area (TPSA) is 86.3 Å². The summed E-state index contributed by atoms with van der Waals surface area (Å²) in [6.07, 6.45) is -0.0821. The Morgan fingerprint density at radius 3 is 2.57 bits per heavy atom. The number of H-pyrrole nitrogens is 1. The second kappa shape index (κ2) is 6.21. The SMILES string of the molecule is Cc1ccc(-c2cc(C(=O)N(C)CCC(=O)O)[nH]n2)cc1. The van der Waals surface area contributed by atoms with Crippen molar-refractivity contribution in [2.75, 3.05) is 13.6 Å². The van der Waals surface area contributed by atoms with E-state index in [9.17, 15) is 9.59 Å². The second-order valence-corrected chi connectivity index (χ2v) is 4.90. The number of carboxylic acids is 1. The van der Waals surface area contributed by atoms with Crippen molar-refractivity contribution in [1.82, 2.24) is 15.1 Å². The molecule has 0 atom stereocenters. The zero-order valence-electron chi connectivity index (χ0n) is 12.0. The van der Waals surface area contributed by atoms with Crippen LogP contribution in [0.25, 0.3) is 11.3 Å². The summed E-state index contributed by atoms with van der Waals surface area (Å²) in [7, 11) is 1.57. The van der Waals surface area contributed by atoms with Gasteiger partial charge in [0.25, 0.3) is 5.91 Å². The van der Waals surface area contributed by atoms with Crippen molar-refractivity contribution in [2.45, 2.75) is 13.3 Å². The van der Waals surface area contributed by atoms with Gasteiger partial charge in [-0.3, -0.25) is 14.7 Å². The number of aryl methyl sites for hydroxylation is 1. The molecule has 1 aromatic carbocycles. The van der Waals surface area contributed by atoms with E-state index in [0.29, 0.717) is 11.4 Å². The first kappa shape index (κ1) is 14.8. The quantitative estimate of drug-likeness (QED) is 0.879. The van der Waals surface area contributed by atoms with Crippen molar-refractivity contribution >= 4 is 11.9 Å². The van der Waals surface area contributed by atoms with Gasteiger partial charge >= 0.3 is 5.97 Å². The Hall–Kier alpha value is -2.63. The molecule has 2 rings (SSSR count). The third-order valence-electron chi connectivity index (χ3n) is 3.16. The number of benzene rings is 1. The number of carbonyl (C=O) groups is 2. The summed E-state index contributed by atoms with van der Waals surface area (Å²) in [5, 5.41) is 15.5. The van der Waals surface area contributed by atoms with Crippen molar-refractivity contribution < 1.29 is 14.7 Å². The number of aromatic nitrogens is 2. The smallest absolute Gasteiger partial charge is 0.305 e. The molecule has 6 heteroatoms. The van der Waals surface area contributed by atoms with Gasteiger partial charge in [0.1, 0.15) is 5.69 Å². The van der Waals surface area contributed by atoms with Gasteiger partial charge in [-0.15, -0.1) is 0 Å². The molecule has 0 saturated heterocycles. The Bertz CT molecular complexity index is 646. The van der Waals surface area contributed by atoms with Gasteiger partial charge in [0.15, 0.2) is 0 Å². The number of hydrogen-bond donors (Lipinski definition) is 2. The summed E-state index contributed by atoms with van der Waals surface area (Å²) in [4.78, 5) is 24.0. The minimum Gasteiger partial charge on any atom is -0.481 e. The Kier molecular flexibility index (Phi) is 4.37. The van der Waals surface area contributed by atoms with Gasteiger partial charge in [0.05, 0.1) is 12.1 Å². The van der Waals surface area contributed by atoms with Crippen molar-refractivity contribution in [2.24, 2.45) is 0 Å². The Labute approximate surface area is 122 Å². The van der Waals surface area contributed by atoms with Crippen LogP contribution in [0.5, 0.6) is 0 Å². The molecule has 1 heterocycles. The van der Waals surface area contributed by atoms with E-state index in [4.69, 9.17) is 5.11 Å². The van der Waals surface area contributed by atoms with Gasteiger partial charge < -0.3 is 10.0 Å². The fourth-order valence-electron chi connectivity index (χ4n) is 1.87. The Morgan fingerprint density at radius 1 is 1.29 bits per heavy atom. The van der Waals surface area contributed by atoms with Gasteiger partial charge in [-0.1, -0.05) is 29.8 Å². The average Bonchev–Trinajstić information content (AvgIpc) is 2.94. The van der Waals surface area contributed by atoms with Crippen molar-refractivity contribution in [1.29, 1.82) is 0 Å². The third-order valence-corrected chi connectivity index (χ3v) is 3.16. The first-order chi connectivity index (χ1) is 9.97. The van der Waals surface area contributed by atoms with Crippen molar-refractivity contribution in [3.63, 3.8) is 0 Å². The highest BCUT2D eigenvalue weighted by molar-refractivity contribution is 5.93. The minimum absolute atomic E-state index is 0.0821. The molecular weight excluding hydrogens is 270 g/mol. The van der Waals surface area contributed by atoms with E-state index in [1.807, 2.05) is 31.2 Å². The fraction of sp³-hybridized carbons (Fsp3) is 0.267. The van der Waals surface area contributed by atoms with Crippen LogP contribution in [0.4, 0.5) is 0 Å². The first-order valence-corrected chi connectivity index (χ1v) is 6.57. The Morgan fingerprint density at radius 2 is 1.95 bits per heavy atom. The number of rotatable bonds is 5. The molecular formula is C15H17N3O3. The maximum atomic E-state index is 12.1. The number of hydrogen-bond acceptors (Lipinski definition) is 3. The number of aliphatic carboxylic acids is 1. The van der Waals surface area contributed by atoms with Crippen LogP contribution in [-0.2, 0) is 4.79 Å². The lowest BCUT2D eigenvalue weighted by Gasteiger charge is -2.14. The molecule has 0 fully saturated rings. The van der Waals surface area contributed by atoms with Crippen LogP contribution >= 0.6 is 0 Å². The predicted octanol–water partition coefficient (Wildman–Crippen LogP) is 1.93.